The zero-order valence-corrected chi connectivity index (χ0v) is 12.9. The number of nitrogens with zero attached hydrogens (tertiary/aromatic N) is 2. The predicted octanol–water partition coefficient (Wildman–Crippen LogP) is 2.22. The molecule has 0 radical (unpaired) electrons. The molecule has 118 valence electrons. The maximum atomic E-state index is 12.5. The number of hydrogen-bond donors (Lipinski definition) is 0. The summed E-state index contributed by atoms with van der Waals surface area (Å²) >= 11 is 3.31. The van der Waals surface area contributed by atoms with E-state index in [2.05, 4.69) is 15.9 Å². The van der Waals surface area contributed by atoms with E-state index in [9.17, 15) is 22.8 Å². The van der Waals surface area contributed by atoms with Gasteiger partial charge >= 0.3 is 12.1 Å². The first kappa shape index (κ1) is 15.3. The molecule has 1 atom stereocenters. The zero-order valence-electron chi connectivity index (χ0n) is 11.4. The number of piperazine rings is 1. The van der Waals surface area contributed by atoms with Gasteiger partial charge in [0.05, 0.1) is 6.04 Å². The Balaban J connectivity index is 1.84. The molecule has 1 aromatic carbocycles. The minimum Gasteiger partial charge on any atom is -0.332 e. The average Bonchev–Trinajstić information content (AvgIpc) is 2.46. The van der Waals surface area contributed by atoms with Crippen LogP contribution in [0, 0.1) is 0 Å². The van der Waals surface area contributed by atoms with Crippen LogP contribution in [0.5, 0.6) is 0 Å². The van der Waals surface area contributed by atoms with Gasteiger partial charge in [0.2, 0.25) is 0 Å². The van der Waals surface area contributed by atoms with Crippen LogP contribution < -0.4 is 0 Å². The van der Waals surface area contributed by atoms with Crippen LogP contribution in [0.25, 0.3) is 0 Å². The SMILES string of the molecule is O=C1c2cc(Br)ccc2C[C@@H]2CN(C(=O)C(F)(F)F)CCN12. The van der Waals surface area contributed by atoms with E-state index in [1.165, 1.54) is 0 Å². The number of halogens is 4. The number of fused-ring (bicyclic) bond motifs is 2. The molecule has 1 saturated heterocycles. The summed E-state index contributed by atoms with van der Waals surface area (Å²) in [6.07, 6.45) is -4.42. The maximum Gasteiger partial charge on any atom is 0.471 e. The third kappa shape index (κ3) is 2.60. The Morgan fingerprint density at radius 3 is 2.68 bits per heavy atom. The standard InChI is InChI=1S/C14H12BrF3N2O2/c15-9-2-1-8-5-10-7-19(13(22)14(16,17)18)3-4-20(10)12(21)11(8)6-9/h1-2,6,10H,3-5,7H2/t10-/m1/s1. The number of benzene rings is 1. The van der Waals surface area contributed by atoms with Crippen LogP contribution >= 0.6 is 15.9 Å². The highest BCUT2D eigenvalue weighted by molar-refractivity contribution is 9.10. The van der Waals surface area contributed by atoms with E-state index in [-0.39, 0.29) is 25.5 Å². The average molecular weight is 377 g/mol. The second-order valence-electron chi connectivity index (χ2n) is 5.41. The second kappa shape index (κ2) is 5.26. The number of carbonyl (C=O) groups excluding carboxylic acids is 2. The van der Waals surface area contributed by atoms with Gasteiger partial charge in [-0.05, 0) is 24.1 Å². The van der Waals surface area contributed by atoms with Crippen molar-refractivity contribution >= 4 is 27.7 Å². The van der Waals surface area contributed by atoms with E-state index in [1.807, 2.05) is 0 Å². The van der Waals surface area contributed by atoms with Crippen molar-refractivity contribution in [2.75, 3.05) is 19.6 Å². The van der Waals surface area contributed by atoms with Gasteiger partial charge in [0.15, 0.2) is 0 Å². The Kier molecular flexibility index (Phi) is 3.66. The molecule has 4 nitrogen and oxygen atoms in total. The molecule has 0 N–H and O–H groups in total. The number of hydrogen-bond acceptors (Lipinski definition) is 2. The molecule has 0 bridgehead atoms. The van der Waals surface area contributed by atoms with Gasteiger partial charge in [0.1, 0.15) is 0 Å². The van der Waals surface area contributed by atoms with E-state index in [0.29, 0.717) is 12.0 Å². The van der Waals surface area contributed by atoms with Crippen LogP contribution in [0.15, 0.2) is 22.7 Å². The van der Waals surface area contributed by atoms with Gasteiger partial charge in [0.25, 0.3) is 5.91 Å². The second-order valence-corrected chi connectivity index (χ2v) is 6.32. The van der Waals surface area contributed by atoms with Crippen LogP contribution in [-0.4, -0.2) is 53.5 Å². The van der Waals surface area contributed by atoms with Crippen molar-refractivity contribution < 1.29 is 22.8 Å². The predicted molar refractivity (Wildman–Crippen MR) is 75.3 cm³/mol. The monoisotopic (exact) mass is 376 g/mol. The maximum absolute atomic E-state index is 12.5. The molecular formula is C14H12BrF3N2O2. The molecule has 0 aromatic heterocycles. The smallest absolute Gasteiger partial charge is 0.332 e. The lowest BCUT2D eigenvalue weighted by atomic mass is 9.92. The molecule has 1 fully saturated rings. The van der Waals surface area contributed by atoms with Crippen molar-refractivity contribution in [1.82, 2.24) is 9.80 Å². The summed E-state index contributed by atoms with van der Waals surface area (Å²) in [6, 6.07) is 4.91. The lowest BCUT2D eigenvalue weighted by Gasteiger charge is -2.44. The van der Waals surface area contributed by atoms with Crippen molar-refractivity contribution in [3.8, 4) is 0 Å². The normalized spacial score (nSPS) is 21.5. The Hall–Kier alpha value is -1.57. The first-order valence-corrected chi connectivity index (χ1v) is 7.52. The summed E-state index contributed by atoms with van der Waals surface area (Å²) in [5.74, 6) is -2.02. The van der Waals surface area contributed by atoms with Crippen LogP contribution in [0.4, 0.5) is 13.2 Å². The van der Waals surface area contributed by atoms with Gasteiger partial charge in [-0.15, -0.1) is 0 Å². The van der Waals surface area contributed by atoms with Gasteiger partial charge in [0, 0.05) is 29.7 Å². The van der Waals surface area contributed by atoms with E-state index in [4.69, 9.17) is 0 Å². The summed E-state index contributed by atoms with van der Waals surface area (Å²) in [4.78, 5) is 26.2. The first-order chi connectivity index (χ1) is 10.3. The van der Waals surface area contributed by atoms with Crippen LogP contribution in [0.3, 0.4) is 0 Å². The van der Waals surface area contributed by atoms with Crippen LogP contribution in [0.1, 0.15) is 15.9 Å². The third-order valence-corrected chi connectivity index (χ3v) is 4.52. The number of alkyl halides is 3. The quantitative estimate of drug-likeness (QED) is 0.696. The molecule has 0 aliphatic carbocycles. The number of carbonyl (C=O) groups is 2. The lowest BCUT2D eigenvalue weighted by molar-refractivity contribution is -0.187. The topological polar surface area (TPSA) is 40.6 Å². The molecule has 2 amide bonds. The Morgan fingerprint density at radius 2 is 2.00 bits per heavy atom. The number of rotatable bonds is 0. The summed E-state index contributed by atoms with van der Waals surface area (Å²) in [5.41, 5.74) is 1.37. The van der Waals surface area contributed by atoms with Gasteiger partial charge < -0.3 is 9.80 Å². The molecule has 8 heteroatoms. The largest absolute Gasteiger partial charge is 0.471 e. The van der Waals surface area contributed by atoms with E-state index >= 15 is 0 Å². The summed E-state index contributed by atoms with van der Waals surface area (Å²) in [5, 5.41) is 0. The molecule has 2 aliphatic heterocycles. The summed E-state index contributed by atoms with van der Waals surface area (Å²) < 4.78 is 38.4. The fourth-order valence-electron chi connectivity index (χ4n) is 3.00. The lowest BCUT2D eigenvalue weighted by Crippen LogP contribution is -2.60. The molecule has 2 heterocycles. The van der Waals surface area contributed by atoms with Gasteiger partial charge in [-0.3, -0.25) is 9.59 Å². The van der Waals surface area contributed by atoms with E-state index in [1.54, 1.807) is 23.1 Å². The minimum atomic E-state index is -4.87. The molecular weight excluding hydrogens is 365 g/mol. The van der Waals surface area contributed by atoms with Gasteiger partial charge in [-0.2, -0.15) is 13.2 Å². The van der Waals surface area contributed by atoms with Gasteiger partial charge in [-0.25, -0.2) is 0 Å². The molecule has 0 unspecified atom stereocenters. The fourth-order valence-corrected chi connectivity index (χ4v) is 3.36. The van der Waals surface area contributed by atoms with Crippen LogP contribution in [0.2, 0.25) is 0 Å². The molecule has 1 aromatic rings. The van der Waals surface area contributed by atoms with Crippen molar-refractivity contribution in [2.45, 2.75) is 18.6 Å². The first-order valence-electron chi connectivity index (χ1n) is 6.73. The molecule has 0 spiro atoms. The Bertz CT molecular complexity index is 647. The van der Waals surface area contributed by atoms with Crippen molar-refractivity contribution in [1.29, 1.82) is 0 Å². The summed E-state index contributed by atoms with van der Waals surface area (Å²) in [7, 11) is 0. The zero-order chi connectivity index (χ0) is 16.1. The molecule has 2 aliphatic rings. The molecule has 3 rings (SSSR count). The van der Waals surface area contributed by atoms with Crippen molar-refractivity contribution in [3.63, 3.8) is 0 Å². The Morgan fingerprint density at radius 1 is 1.27 bits per heavy atom. The van der Waals surface area contributed by atoms with E-state index in [0.717, 1.165) is 14.9 Å². The highest BCUT2D eigenvalue weighted by Gasteiger charge is 2.46. The van der Waals surface area contributed by atoms with E-state index < -0.39 is 18.1 Å². The highest BCUT2D eigenvalue weighted by Crippen LogP contribution is 2.29. The summed E-state index contributed by atoms with van der Waals surface area (Å²) in [6.45, 7) is -0.0548. The highest BCUT2D eigenvalue weighted by atomic mass is 79.9. The fraction of sp³-hybridized carbons (Fsp3) is 0.429. The number of amides is 2. The molecule has 0 saturated carbocycles. The van der Waals surface area contributed by atoms with Crippen molar-refractivity contribution in [3.05, 3.63) is 33.8 Å². The third-order valence-electron chi connectivity index (χ3n) is 4.03. The van der Waals surface area contributed by atoms with Gasteiger partial charge in [-0.1, -0.05) is 22.0 Å². The van der Waals surface area contributed by atoms with Crippen LogP contribution in [-0.2, 0) is 11.2 Å². The Labute approximate surface area is 133 Å². The van der Waals surface area contributed by atoms with Crippen molar-refractivity contribution in [2.24, 2.45) is 0 Å². The molecule has 22 heavy (non-hydrogen) atoms. The minimum absolute atomic E-state index is 0.0837.